The van der Waals surface area contributed by atoms with Crippen molar-refractivity contribution in [2.24, 2.45) is 0 Å². The van der Waals surface area contributed by atoms with Crippen molar-refractivity contribution < 1.29 is 9.47 Å². The SMILES string of the molecule is CCOC(CNC(=S)Nc1ccc2nc3n(c(=O)c2c1)CCCCC3)OCC. The van der Waals surface area contributed by atoms with Crippen molar-refractivity contribution in [3.05, 3.63) is 34.4 Å². The topological polar surface area (TPSA) is 77.4 Å². The van der Waals surface area contributed by atoms with E-state index in [1.165, 1.54) is 0 Å². The maximum Gasteiger partial charge on any atom is 0.261 e. The molecule has 0 amide bonds. The third-order valence-electron chi connectivity index (χ3n) is 4.71. The molecule has 0 unspecified atom stereocenters. The number of nitrogens with one attached hydrogen (secondary N) is 2. The largest absolute Gasteiger partial charge is 0.357 e. The van der Waals surface area contributed by atoms with Crippen LogP contribution in [0.4, 0.5) is 5.69 Å². The Morgan fingerprint density at radius 2 is 2.04 bits per heavy atom. The molecule has 1 aliphatic rings. The molecule has 1 aromatic carbocycles. The number of hydrogen-bond donors (Lipinski definition) is 2. The van der Waals surface area contributed by atoms with Crippen molar-refractivity contribution in [3.63, 3.8) is 0 Å². The molecule has 0 bridgehead atoms. The molecule has 0 atom stereocenters. The van der Waals surface area contributed by atoms with E-state index in [1.807, 2.05) is 36.6 Å². The van der Waals surface area contributed by atoms with Crippen LogP contribution in [0, 0.1) is 0 Å². The van der Waals surface area contributed by atoms with Crippen LogP contribution < -0.4 is 16.2 Å². The fourth-order valence-corrected chi connectivity index (χ4v) is 3.59. The van der Waals surface area contributed by atoms with Gasteiger partial charge in [0.1, 0.15) is 5.82 Å². The number of nitrogens with zero attached hydrogens (tertiary/aromatic N) is 2. The molecule has 8 heteroatoms. The van der Waals surface area contributed by atoms with Crippen LogP contribution in [0.3, 0.4) is 0 Å². The second-order valence-electron chi connectivity index (χ2n) is 6.70. The molecule has 0 fully saturated rings. The zero-order valence-corrected chi connectivity index (χ0v) is 17.3. The zero-order chi connectivity index (χ0) is 19.9. The van der Waals surface area contributed by atoms with Gasteiger partial charge in [0.25, 0.3) is 5.56 Å². The number of aryl methyl sites for hydroxylation is 1. The molecule has 1 aliphatic heterocycles. The first-order valence-electron chi connectivity index (χ1n) is 9.94. The van der Waals surface area contributed by atoms with Crippen LogP contribution >= 0.6 is 12.2 Å². The lowest BCUT2D eigenvalue weighted by Crippen LogP contribution is -2.37. The molecular weight excluding hydrogens is 376 g/mol. The number of benzene rings is 1. The van der Waals surface area contributed by atoms with E-state index in [-0.39, 0.29) is 11.8 Å². The highest BCUT2D eigenvalue weighted by molar-refractivity contribution is 7.80. The molecule has 0 saturated heterocycles. The quantitative estimate of drug-likeness (QED) is 0.543. The molecule has 2 heterocycles. The van der Waals surface area contributed by atoms with Crippen molar-refractivity contribution in [2.75, 3.05) is 25.1 Å². The highest BCUT2D eigenvalue weighted by atomic mass is 32.1. The number of fused-ring (bicyclic) bond motifs is 2. The predicted molar refractivity (Wildman–Crippen MR) is 115 cm³/mol. The molecule has 0 spiro atoms. The first-order valence-corrected chi connectivity index (χ1v) is 10.3. The van der Waals surface area contributed by atoms with Crippen molar-refractivity contribution in [3.8, 4) is 0 Å². The summed E-state index contributed by atoms with van der Waals surface area (Å²) in [6.07, 6.45) is 3.75. The third kappa shape index (κ3) is 5.06. The molecule has 28 heavy (non-hydrogen) atoms. The van der Waals surface area contributed by atoms with Crippen LogP contribution in [-0.2, 0) is 22.4 Å². The monoisotopic (exact) mass is 404 g/mol. The first-order chi connectivity index (χ1) is 13.6. The van der Waals surface area contributed by atoms with E-state index in [4.69, 9.17) is 26.7 Å². The molecule has 7 nitrogen and oxygen atoms in total. The highest BCUT2D eigenvalue weighted by Crippen LogP contribution is 2.18. The van der Waals surface area contributed by atoms with Gasteiger partial charge in [0, 0.05) is 31.9 Å². The lowest BCUT2D eigenvalue weighted by atomic mass is 10.2. The van der Waals surface area contributed by atoms with Gasteiger partial charge in [-0.3, -0.25) is 9.36 Å². The number of thiocarbonyl (C=S) groups is 1. The van der Waals surface area contributed by atoms with Gasteiger partial charge < -0.3 is 20.1 Å². The Labute approximate surface area is 170 Å². The Morgan fingerprint density at radius 1 is 1.25 bits per heavy atom. The van der Waals surface area contributed by atoms with Crippen LogP contribution in [0.25, 0.3) is 10.9 Å². The number of aromatic nitrogens is 2. The second kappa shape index (κ2) is 9.95. The van der Waals surface area contributed by atoms with Crippen LogP contribution in [0.15, 0.2) is 23.0 Å². The van der Waals surface area contributed by atoms with E-state index in [1.54, 1.807) is 0 Å². The Hall–Kier alpha value is -2.03. The fourth-order valence-electron chi connectivity index (χ4n) is 3.38. The van der Waals surface area contributed by atoms with Gasteiger partial charge in [-0.25, -0.2) is 4.98 Å². The number of rotatable bonds is 7. The maximum atomic E-state index is 12.9. The van der Waals surface area contributed by atoms with Crippen LogP contribution in [0.2, 0.25) is 0 Å². The lowest BCUT2D eigenvalue weighted by Gasteiger charge is -2.19. The first kappa shape index (κ1) is 20.7. The molecule has 2 N–H and O–H groups in total. The molecular formula is C20H28N4O3S. The summed E-state index contributed by atoms with van der Waals surface area (Å²) < 4.78 is 12.8. The average Bonchev–Trinajstić information content (AvgIpc) is 2.93. The summed E-state index contributed by atoms with van der Waals surface area (Å²) >= 11 is 5.36. The lowest BCUT2D eigenvalue weighted by molar-refractivity contribution is -0.130. The van der Waals surface area contributed by atoms with E-state index < -0.39 is 0 Å². The Balaban J connectivity index is 1.72. The molecule has 2 aromatic rings. The second-order valence-corrected chi connectivity index (χ2v) is 7.11. The zero-order valence-electron chi connectivity index (χ0n) is 16.5. The molecule has 152 valence electrons. The van der Waals surface area contributed by atoms with Gasteiger partial charge in [0.2, 0.25) is 0 Å². The summed E-state index contributed by atoms with van der Waals surface area (Å²) in [4.78, 5) is 17.6. The van der Waals surface area contributed by atoms with Gasteiger partial charge in [-0.15, -0.1) is 0 Å². The minimum atomic E-state index is -0.351. The van der Waals surface area contributed by atoms with E-state index in [9.17, 15) is 4.79 Å². The number of anilines is 1. The van der Waals surface area contributed by atoms with E-state index in [0.717, 1.165) is 49.3 Å². The van der Waals surface area contributed by atoms with Gasteiger partial charge in [0.05, 0.1) is 17.4 Å². The Bertz CT molecular complexity index is 878. The van der Waals surface area contributed by atoms with Crippen molar-refractivity contribution in [1.29, 1.82) is 0 Å². The molecule has 0 aliphatic carbocycles. The van der Waals surface area contributed by atoms with E-state index in [0.29, 0.717) is 30.3 Å². The summed E-state index contributed by atoms with van der Waals surface area (Å²) in [6.45, 7) is 6.16. The Morgan fingerprint density at radius 3 is 2.79 bits per heavy atom. The minimum absolute atomic E-state index is 0.0252. The highest BCUT2D eigenvalue weighted by Gasteiger charge is 2.14. The predicted octanol–water partition coefficient (Wildman–Crippen LogP) is 2.81. The van der Waals surface area contributed by atoms with Gasteiger partial charge in [-0.1, -0.05) is 6.42 Å². The van der Waals surface area contributed by atoms with Gasteiger partial charge in [-0.2, -0.15) is 0 Å². The Kier molecular flexibility index (Phi) is 7.36. The van der Waals surface area contributed by atoms with Gasteiger partial charge in [-0.05, 0) is 57.1 Å². The van der Waals surface area contributed by atoms with Gasteiger partial charge >= 0.3 is 0 Å². The summed E-state index contributed by atoms with van der Waals surface area (Å²) in [5, 5.41) is 7.28. The third-order valence-corrected chi connectivity index (χ3v) is 4.95. The van der Waals surface area contributed by atoms with Crippen LogP contribution in [-0.4, -0.2) is 40.7 Å². The number of ether oxygens (including phenoxy) is 2. The summed E-state index contributed by atoms with van der Waals surface area (Å²) in [6, 6.07) is 5.58. The summed E-state index contributed by atoms with van der Waals surface area (Å²) in [5.74, 6) is 0.894. The van der Waals surface area contributed by atoms with E-state index >= 15 is 0 Å². The van der Waals surface area contributed by atoms with Crippen LogP contribution in [0.5, 0.6) is 0 Å². The minimum Gasteiger partial charge on any atom is -0.357 e. The molecule has 0 radical (unpaired) electrons. The normalized spacial score (nSPS) is 14.0. The average molecular weight is 405 g/mol. The standard InChI is InChI=1S/C20H28N4O3S/c1-3-26-18(27-4-2)13-21-20(28)22-14-9-10-16-15(12-14)19(25)24-11-7-5-6-8-17(24)23-16/h9-10,12,18H,3-8,11,13H2,1-2H3,(H2,21,22,28). The van der Waals surface area contributed by atoms with Gasteiger partial charge in [0.15, 0.2) is 11.4 Å². The maximum absolute atomic E-state index is 12.9. The van der Waals surface area contributed by atoms with Crippen molar-refractivity contribution in [1.82, 2.24) is 14.9 Å². The van der Waals surface area contributed by atoms with E-state index in [2.05, 4.69) is 10.6 Å². The fraction of sp³-hybridized carbons (Fsp3) is 0.550. The molecule has 0 saturated carbocycles. The molecule has 1 aromatic heterocycles. The molecule has 3 rings (SSSR count). The van der Waals surface area contributed by atoms with Crippen molar-refractivity contribution >= 4 is 33.9 Å². The smallest absolute Gasteiger partial charge is 0.261 e. The summed E-state index contributed by atoms with van der Waals surface area (Å²) in [7, 11) is 0. The van der Waals surface area contributed by atoms with Crippen molar-refractivity contribution in [2.45, 2.75) is 52.4 Å². The number of hydrogen-bond acceptors (Lipinski definition) is 5. The summed E-state index contributed by atoms with van der Waals surface area (Å²) in [5.41, 5.74) is 1.51. The van der Waals surface area contributed by atoms with Crippen LogP contribution in [0.1, 0.15) is 38.9 Å².